The van der Waals surface area contributed by atoms with Crippen LogP contribution in [0.4, 0.5) is 0 Å². The highest BCUT2D eigenvalue weighted by Gasteiger charge is 2.60. The van der Waals surface area contributed by atoms with Gasteiger partial charge < -0.3 is 4.57 Å². The number of hydrogen-bond acceptors (Lipinski definition) is 0. The Morgan fingerprint density at radius 3 is 0.771 bits per heavy atom. The third-order valence-electron chi connectivity index (χ3n) is 25.2. The monoisotopic (exact) mass is 936 g/mol. The zero-order valence-electron chi connectivity index (χ0n) is 49.4. The predicted molar refractivity (Wildman–Crippen MR) is 306 cm³/mol. The molecule has 5 aromatic carbocycles. The van der Waals surface area contributed by atoms with Gasteiger partial charge in [0.05, 0.1) is 11.0 Å². The van der Waals surface area contributed by atoms with Crippen molar-refractivity contribution >= 4 is 21.8 Å². The van der Waals surface area contributed by atoms with Crippen LogP contribution in [-0.4, -0.2) is 4.57 Å². The quantitative estimate of drug-likeness (QED) is 0.163. The minimum atomic E-state index is 0.0738. The average molecular weight is 937 g/mol. The number of nitrogens with zero attached hydrogens (tertiary/aromatic N) is 1. The van der Waals surface area contributed by atoms with Crippen molar-refractivity contribution in [1.29, 1.82) is 0 Å². The van der Waals surface area contributed by atoms with E-state index >= 15 is 0 Å². The van der Waals surface area contributed by atoms with Crippen LogP contribution in [0.15, 0.2) is 72.8 Å². The lowest BCUT2D eigenvalue weighted by atomic mass is 9.59. The molecular weight excluding hydrogens is 843 g/mol. The number of fused-ring (bicyclic) bond motifs is 7. The van der Waals surface area contributed by atoms with Crippen LogP contribution in [0.5, 0.6) is 0 Å². The lowest BCUT2D eigenvalue weighted by Gasteiger charge is -2.44. The Labute approximate surface area is 427 Å². The summed E-state index contributed by atoms with van der Waals surface area (Å²) in [7, 11) is 0. The highest BCUT2D eigenvalue weighted by Crippen LogP contribution is 2.67. The van der Waals surface area contributed by atoms with Crippen molar-refractivity contribution in [3.05, 3.63) is 134 Å². The standard InChI is InChI=1S/C37H47N.C32H46/c1-22-14-16-23(17-15-22)38-30-20-28-26(32(2,3)36(10,11)34(28,6)7)18-24(30)25-19-27-29(21-31(25)38)35(8,9)37(12,13)33(27,4)5;1-19-15-23-25(29(7,8)31(11,12)27(23,3)4)17-21(19)22-18-26-24(16-20(22)2)28(5,6)32(13,14)30(26,9)10/h14-21H,1-13H3;15-18H,1-14H3. The first kappa shape index (κ1) is 50.8. The van der Waals surface area contributed by atoms with E-state index in [2.05, 4.69) is 264 Å². The minimum absolute atomic E-state index is 0.0738. The maximum Gasteiger partial charge on any atom is 0.0544 e. The van der Waals surface area contributed by atoms with E-state index in [9.17, 15) is 0 Å². The molecule has 0 amide bonds. The van der Waals surface area contributed by atoms with Crippen LogP contribution in [0.2, 0.25) is 0 Å². The molecule has 1 nitrogen and oxygen atoms in total. The van der Waals surface area contributed by atoms with Gasteiger partial charge in [0.2, 0.25) is 0 Å². The number of aryl methyl sites for hydroxylation is 3. The molecule has 4 aliphatic rings. The van der Waals surface area contributed by atoms with Crippen molar-refractivity contribution in [1.82, 2.24) is 4.57 Å². The predicted octanol–water partition coefficient (Wildman–Crippen LogP) is 19.4. The Hall–Kier alpha value is -4.10. The van der Waals surface area contributed by atoms with Crippen molar-refractivity contribution < 1.29 is 0 Å². The van der Waals surface area contributed by atoms with Crippen LogP contribution in [-0.2, 0) is 43.3 Å². The van der Waals surface area contributed by atoms with E-state index in [0.717, 1.165) is 0 Å². The van der Waals surface area contributed by atoms with Gasteiger partial charge in [-0.05, 0) is 189 Å². The maximum absolute atomic E-state index is 2.57. The third kappa shape index (κ3) is 5.74. The van der Waals surface area contributed by atoms with Crippen LogP contribution in [0.1, 0.15) is 227 Å². The van der Waals surface area contributed by atoms with Gasteiger partial charge in [-0.2, -0.15) is 0 Å². The fourth-order valence-corrected chi connectivity index (χ4v) is 15.0. The molecule has 1 heteroatoms. The van der Waals surface area contributed by atoms with Gasteiger partial charge in [0.1, 0.15) is 0 Å². The molecule has 0 spiro atoms. The number of rotatable bonds is 2. The molecule has 1 heterocycles. The van der Waals surface area contributed by atoms with E-state index in [1.54, 1.807) is 0 Å². The highest BCUT2D eigenvalue weighted by atomic mass is 15.0. The van der Waals surface area contributed by atoms with E-state index in [0.29, 0.717) is 0 Å². The van der Waals surface area contributed by atoms with E-state index in [4.69, 9.17) is 0 Å². The highest BCUT2D eigenvalue weighted by molar-refractivity contribution is 6.11. The fraction of sp³-hybridized carbons (Fsp3) is 0.565. The second-order valence-electron chi connectivity index (χ2n) is 29.9. The van der Waals surface area contributed by atoms with Gasteiger partial charge in [0.25, 0.3) is 0 Å². The van der Waals surface area contributed by atoms with Crippen molar-refractivity contribution in [3.8, 4) is 16.8 Å². The van der Waals surface area contributed by atoms with E-state index in [1.165, 1.54) is 99.8 Å². The zero-order chi connectivity index (χ0) is 52.5. The van der Waals surface area contributed by atoms with E-state index in [-0.39, 0.29) is 65.0 Å². The topological polar surface area (TPSA) is 4.93 Å². The molecule has 4 aliphatic carbocycles. The summed E-state index contributed by atoms with van der Waals surface area (Å²) in [5, 5.41) is 2.78. The molecule has 0 bridgehead atoms. The van der Waals surface area contributed by atoms with Gasteiger partial charge >= 0.3 is 0 Å². The molecule has 70 heavy (non-hydrogen) atoms. The first-order valence-corrected chi connectivity index (χ1v) is 27.1. The van der Waals surface area contributed by atoms with Gasteiger partial charge in [-0.1, -0.05) is 208 Å². The van der Waals surface area contributed by atoms with E-state index < -0.39 is 0 Å². The normalized spacial score (nSPS) is 23.9. The molecule has 374 valence electrons. The van der Waals surface area contributed by atoms with Crippen LogP contribution in [0.25, 0.3) is 38.6 Å². The second kappa shape index (κ2) is 14.1. The average Bonchev–Trinajstić information content (AvgIpc) is 3.72. The summed E-state index contributed by atoms with van der Waals surface area (Å²) in [6.07, 6.45) is 0. The molecule has 6 aromatic rings. The van der Waals surface area contributed by atoms with Crippen LogP contribution in [0, 0.1) is 42.4 Å². The molecule has 0 radical (unpaired) electrons. The van der Waals surface area contributed by atoms with Crippen molar-refractivity contribution in [3.63, 3.8) is 0 Å². The van der Waals surface area contributed by atoms with Crippen molar-refractivity contribution in [2.45, 2.75) is 230 Å². The van der Waals surface area contributed by atoms with Crippen molar-refractivity contribution in [2.24, 2.45) is 21.7 Å². The lowest BCUT2D eigenvalue weighted by molar-refractivity contribution is 0.125. The van der Waals surface area contributed by atoms with E-state index in [1.807, 2.05) is 0 Å². The van der Waals surface area contributed by atoms with Crippen molar-refractivity contribution in [2.75, 3.05) is 0 Å². The SMILES string of the molecule is Cc1cc2c(cc1-c1cc3c(cc1C)C(C)(C)C(C)(C)C3(C)C)C(C)(C)C(C)(C)C2(C)C.Cc1ccc(-n2c3cc4c(cc3c3cc5c(cc32)C(C)(C)C(C)(C)C5(C)C)C(C)(C)C(C)(C)C4(C)C)cc1. The molecule has 0 unspecified atom stereocenters. The first-order valence-electron chi connectivity index (χ1n) is 27.1. The Morgan fingerprint density at radius 1 is 0.271 bits per heavy atom. The Balaban J connectivity index is 0.000000177. The zero-order valence-corrected chi connectivity index (χ0v) is 49.4. The summed E-state index contributed by atoms with van der Waals surface area (Å²) in [5.74, 6) is 0. The molecule has 1 aromatic heterocycles. The molecule has 0 saturated heterocycles. The van der Waals surface area contributed by atoms with Gasteiger partial charge in [0, 0.05) is 16.5 Å². The molecule has 0 saturated carbocycles. The molecule has 0 fully saturated rings. The smallest absolute Gasteiger partial charge is 0.0544 e. The number of benzene rings is 5. The van der Waals surface area contributed by atoms with Gasteiger partial charge in [-0.3, -0.25) is 0 Å². The summed E-state index contributed by atoms with van der Waals surface area (Å²) in [5.41, 5.74) is 24.6. The third-order valence-corrected chi connectivity index (χ3v) is 25.2. The van der Waals surface area contributed by atoms with Gasteiger partial charge in [0.15, 0.2) is 0 Å². The summed E-state index contributed by atoms with van der Waals surface area (Å²) in [4.78, 5) is 0. The summed E-state index contributed by atoms with van der Waals surface area (Å²) >= 11 is 0. The Bertz CT molecular complexity index is 3010. The minimum Gasteiger partial charge on any atom is -0.309 e. The lowest BCUT2D eigenvalue weighted by Crippen LogP contribution is -2.42. The Morgan fingerprint density at radius 2 is 0.500 bits per heavy atom. The molecule has 0 N–H and O–H groups in total. The maximum atomic E-state index is 2.57. The molecular formula is C69H93N. The Kier molecular flexibility index (Phi) is 10.3. The molecule has 0 atom stereocenters. The number of hydrogen-bond donors (Lipinski definition) is 0. The molecule has 0 aliphatic heterocycles. The van der Waals surface area contributed by atoms with Gasteiger partial charge in [-0.15, -0.1) is 0 Å². The largest absolute Gasteiger partial charge is 0.309 e. The second-order valence-corrected chi connectivity index (χ2v) is 29.9. The van der Waals surface area contributed by atoms with Crippen LogP contribution >= 0.6 is 0 Å². The fourth-order valence-electron chi connectivity index (χ4n) is 15.0. The van der Waals surface area contributed by atoms with Crippen LogP contribution in [0.3, 0.4) is 0 Å². The summed E-state index contributed by atoms with van der Waals surface area (Å²) < 4.78 is 2.55. The van der Waals surface area contributed by atoms with Crippen LogP contribution < -0.4 is 0 Å². The summed E-state index contributed by atoms with van der Waals surface area (Å²) in [6.45, 7) is 65.6. The molecule has 10 rings (SSSR count). The van der Waals surface area contributed by atoms with Gasteiger partial charge in [-0.25, -0.2) is 0 Å². The number of aromatic nitrogens is 1. The summed E-state index contributed by atoms with van der Waals surface area (Å²) in [6, 6.07) is 29.4. The first-order chi connectivity index (χ1) is 31.5.